The van der Waals surface area contributed by atoms with Crippen LogP contribution in [0.3, 0.4) is 0 Å². The fraction of sp³-hybridized carbons (Fsp3) is 0.250. The van der Waals surface area contributed by atoms with Gasteiger partial charge < -0.3 is 4.98 Å². The van der Waals surface area contributed by atoms with Gasteiger partial charge in [-0.1, -0.05) is 29.3 Å². The maximum absolute atomic E-state index is 6.12. The van der Waals surface area contributed by atoms with Crippen LogP contribution in [0, 0.1) is 0 Å². The van der Waals surface area contributed by atoms with Crippen LogP contribution in [0.25, 0.3) is 11.4 Å². The molecule has 1 saturated carbocycles. The maximum atomic E-state index is 6.12. The van der Waals surface area contributed by atoms with Crippen molar-refractivity contribution in [1.29, 1.82) is 0 Å². The summed E-state index contributed by atoms with van der Waals surface area (Å²) in [6.45, 7) is 0. The first-order valence-corrected chi connectivity index (χ1v) is 6.00. The number of imidazole rings is 1. The molecule has 0 aliphatic heterocycles. The molecule has 1 fully saturated rings. The zero-order chi connectivity index (χ0) is 11.1. The van der Waals surface area contributed by atoms with Crippen molar-refractivity contribution in [2.45, 2.75) is 18.8 Å². The Morgan fingerprint density at radius 2 is 1.88 bits per heavy atom. The molecule has 0 spiro atoms. The smallest absolute Gasteiger partial charge is 0.140 e. The van der Waals surface area contributed by atoms with Crippen molar-refractivity contribution < 1.29 is 0 Å². The predicted molar refractivity (Wildman–Crippen MR) is 66.0 cm³/mol. The number of halogens is 2. The Bertz CT molecular complexity index is 509. The molecule has 1 aliphatic carbocycles. The van der Waals surface area contributed by atoms with E-state index < -0.39 is 0 Å². The number of benzene rings is 1. The Kier molecular flexibility index (Phi) is 2.41. The van der Waals surface area contributed by atoms with Gasteiger partial charge in [0.1, 0.15) is 5.82 Å². The predicted octanol–water partition coefficient (Wildman–Crippen LogP) is 4.26. The second kappa shape index (κ2) is 3.79. The molecule has 2 nitrogen and oxygen atoms in total. The van der Waals surface area contributed by atoms with Gasteiger partial charge in [0.2, 0.25) is 0 Å². The average molecular weight is 253 g/mol. The summed E-state index contributed by atoms with van der Waals surface area (Å²) < 4.78 is 0. The molecule has 1 heterocycles. The summed E-state index contributed by atoms with van der Waals surface area (Å²) in [6, 6.07) is 5.48. The highest BCUT2D eigenvalue weighted by atomic mass is 35.5. The topological polar surface area (TPSA) is 28.7 Å². The van der Waals surface area contributed by atoms with Crippen molar-refractivity contribution >= 4 is 23.2 Å². The lowest BCUT2D eigenvalue weighted by atomic mass is 10.2. The number of rotatable bonds is 2. The SMILES string of the molecule is Clc1cccc(Cl)c1-c1ncc(C2CC2)[nH]1. The molecule has 3 rings (SSSR count). The van der Waals surface area contributed by atoms with Crippen molar-refractivity contribution in [3.8, 4) is 11.4 Å². The fourth-order valence-corrected chi connectivity index (χ4v) is 2.36. The molecule has 1 aliphatic rings. The van der Waals surface area contributed by atoms with Crippen LogP contribution in [-0.4, -0.2) is 9.97 Å². The van der Waals surface area contributed by atoms with Crippen molar-refractivity contribution in [2.24, 2.45) is 0 Å². The Balaban J connectivity index is 2.06. The van der Waals surface area contributed by atoms with Crippen LogP contribution in [0.4, 0.5) is 0 Å². The van der Waals surface area contributed by atoms with Crippen LogP contribution in [0.15, 0.2) is 24.4 Å². The molecule has 0 radical (unpaired) electrons. The van der Waals surface area contributed by atoms with Gasteiger partial charge in [0.15, 0.2) is 0 Å². The van der Waals surface area contributed by atoms with Gasteiger partial charge in [0, 0.05) is 17.8 Å². The third-order valence-corrected chi connectivity index (χ3v) is 3.44. The summed E-state index contributed by atoms with van der Waals surface area (Å²) in [5.41, 5.74) is 1.98. The lowest BCUT2D eigenvalue weighted by Gasteiger charge is -2.02. The summed E-state index contributed by atoms with van der Waals surface area (Å²) in [7, 11) is 0. The molecule has 0 amide bonds. The molecular formula is C12H10Cl2N2. The van der Waals surface area contributed by atoms with Crippen LogP contribution >= 0.6 is 23.2 Å². The molecular weight excluding hydrogens is 243 g/mol. The monoisotopic (exact) mass is 252 g/mol. The summed E-state index contributed by atoms with van der Waals surface area (Å²) >= 11 is 12.2. The van der Waals surface area contributed by atoms with Gasteiger partial charge in [-0.25, -0.2) is 4.98 Å². The van der Waals surface area contributed by atoms with Crippen LogP contribution in [-0.2, 0) is 0 Å². The molecule has 0 unspecified atom stereocenters. The van der Waals surface area contributed by atoms with Crippen molar-refractivity contribution in [1.82, 2.24) is 9.97 Å². The van der Waals surface area contributed by atoms with E-state index in [0.717, 1.165) is 11.4 Å². The summed E-state index contributed by atoms with van der Waals surface area (Å²) in [6.07, 6.45) is 4.38. The van der Waals surface area contributed by atoms with Gasteiger partial charge in [-0.05, 0) is 25.0 Å². The zero-order valence-electron chi connectivity index (χ0n) is 8.50. The Morgan fingerprint density at radius 3 is 2.50 bits per heavy atom. The molecule has 1 aromatic heterocycles. The van der Waals surface area contributed by atoms with Gasteiger partial charge in [-0.15, -0.1) is 0 Å². The van der Waals surface area contributed by atoms with Crippen LogP contribution in [0.1, 0.15) is 24.5 Å². The van der Waals surface area contributed by atoms with Crippen molar-refractivity contribution in [2.75, 3.05) is 0 Å². The van der Waals surface area contributed by atoms with Crippen LogP contribution < -0.4 is 0 Å². The quantitative estimate of drug-likeness (QED) is 0.850. The minimum Gasteiger partial charge on any atom is -0.342 e. The molecule has 16 heavy (non-hydrogen) atoms. The van der Waals surface area contributed by atoms with Gasteiger partial charge in [0.05, 0.1) is 15.6 Å². The number of aromatic nitrogens is 2. The minimum atomic E-state index is 0.629. The van der Waals surface area contributed by atoms with Gasteiger partial charge in [-0.2, -0.15) is 0 Å². The number of H-pyrrole nitrogens is 1. The van der Waals surface area contributed by atoms with E-state index in [9.17, 15) is 0 Å². The number of hydrogen-bond acceptors (Lipinski definition) is 1. The molecule has 0 saturated heterocycles. The van der Waals surface area contributed by atoms with Crippen LogP contribution in [0.5, 0.6) is 0 Å². The van der Waals surface area contributed by atoms with Crippen molar-refractivity contribution in [3.05, 3.63) is 40.1 Å². The van der Waals surface area contributed by atoms with Gasteiger partial charge >= 0.3 is 0 Å². The minimum absolute atomic E-state index is 0.629. The highest BCUT2D eigenvalue weighted by Crippen LogP contribution is 2.40. The largest absolute Gasteiger partial charge is 0.342 e. The van der Waals surface area contributed by atoms with E-state index >= 15 is 0 Å². The highest BCUT2D eigenvalue weighted by Gasteiger charge is 2.26. The van der Waals surface area contributed by atoms with E-state index in [4.69, 9.17) is 23.2 Å². The lowest BCUT2D eigenvalue weighted by Crippen LogP contribution is -1.85. The molecule has 2 aromatic rings. The molecule has 0 bridgehead atoms. The van der Waals surface area contributed by atoms with E-state index in [-0.39, 0.29) is 0 Å². The zero-order valence-corrected chi connectivity index (χ0v) is 10.0. The fourth-order valence-electron chi connectivity index (χ4n) is 1.79. The lowest BCUT2D eigenvalue weighted by molar-refractivity contribution is 1.05. The highest BCUT2D eigenvalue weighted by molar-refractivity contribution is 6.38. The standard InChI is InChI=1S/C12H10Cl2N2/c13-8-2-1-3-9(14)11(8)12-15-6-10(16-12)7-4-5-7/h1-3,6-7H,4-5H2,(H,15,16). The molecule has 82 valence electrons. The normalized spacial score (nSPS) is 15.4. The second-order valence-corrected chi connectivity index (χ2v) is 4.87. The first kappa shape index (κ1) is 10.2. The second-order valence-electron chi connectivity index (χ2n) is 4.06. The number of aromatic amines is 1. The summed E-state index contributed by atoms with van der Waals surface area (Å²) in [5.74, 6) is 1.42. The Hall–Kier alpha value is -0.990. The van der Waals surface area contributed by atoms with E-state index in [1.54, 1.807) is 0 Å². The number of nitrogens with zero attached hydrogens (tertiary/aromatic N) is 1. The Morgan fingerprint density at radius 1 is 1.19 bits per heavy atom. The van der Waals surface area contributed by atoms with Crippen molar-refractivity contribution in [3.63, 3.8) is 0 Å². The molecule has 4 heteroatoms. The molecule has 1 aromatic carbocycles. The maximum Gasteiger partial charge on any atom is 0.140 e. The first-order valence-electron chi connectivity index (χ1n) is 5.25. The van der Waals surface area contributed by atoms with Gasteiger partial charge in [0.25, 0.3) is 0 Å². The van der Waals surface area contributed by atoms with E-state index in [0.29, 0.717) is 16.0 Å². The Labute approximate surface area is 104 Å². The third-order valence-electron chi connectivity index (χ3n) is 2.81. The van der Waals surface area contributed by atoms with Gasteiger partial charge in [-0.3, -0.25) is 0 Å². The van der Waals surface area contributed by atoms with E-state index in [1.165, 1.54) is 18.5 Å². The van der Waals surface area contributed by atoms with Crippen LogP contribution in [0.2, 0.25) is 10.0 Å². The number of nitrogens with one attached hydrogen (secondary N) is 1. The molecule has 0 atom stereocenters. The number of hydrogen-bond donors (Lipinski definition) is 1. The van der Waals surface area contributed by atoms with E-state index in [2.05, 4.69) is 9.97 Å². The first-order chi connectivity index (χ1) is 7.75. The third kappa shape index (κ3) is 1.72. The average Bonchev–Trinajstić information content (AvgIpc) is 2.99. The molecule has 1 N–H and O–H groups in total. The summed E-state index contributed by atoms with van der Waals surface area (Å²) in [5, 5.41) is 1.26. The summed E-state index contributed by atoms with van der Waals surface area (Å²) in [4.78, 5) is 7.64. The van der Waals surface area contributed by atoms with E-state index in [1.807, 2.05) is 24.4 Å².